The van der Waals surface area contributed by atoms with Gasteiger partial charge in [0.1, 0.15) is 0 Å². The number of hydrogen-bond acceptors (Lipinski definition) is 3. The van der Waals surface area contributed by atoms with E-state index in [9.17, 15) is 13.5 Å². The van der Waals surface area contributed by atoms with Crippen molar-refractivity contribution in [1.82, 2.24) is 0 Å². The zero-order valence-electron chi connectivity index (χ0n) is 6.68. The molecule has 0 aromatic rings. The lowest BCUT2D eigenvalue weighted by molar-refractivity contribution is 0.147. The molecule has 2 bridgehead atoms. The van der Waals surface area contributed by atoms with Gasteiger partial charge in [-0.3, -0.25) is 0 Å². The molecule has 0 spiro atoms. The minimum atomic E-state index is -3.05. The topological polar surface area (TPSA) is 54.4 Å². The Labute approximate surface area is 72.0 Å². The maximum atomic E-state index is 11.6. The van der Waals surface area contributed by atoms with E-state index < -0.39 is 21.2 Å². The molecule has 0 unspecified atom stereocenters. The van der Waals surface area contributed by atoms with Crippen LogP contribution < -0.4 is 0 Å². The quantitative estimate of drug-likeness (QED) is 0.554. The SMILES string of the molecule is O=S1(=O)[C@@H]2CC=C[C@H]1CC[C@@H]2O. The monoisotopic (exact) mass is 188 g/mol. The van der Waals surface area contributed by atoms with Crippen molar-refractivity contribution in [1.29, 1.82) is 0 Å². The molecular formula is C8H12O3S. The van der Waals surface area contributed by atoms with Gasteiger partial charge in [-0.1, -0.05) is 12.2 Å². The molecular weight excluding hydrogens is 176 g/mol. The second-order valence-electron chi connectivity index (χ2n) is 3.47. The van der Waals surface area contributed by atoms with Crippen molar-refractivity contribution < 1.29 is 13.5 Å². The van der Waals surface area contributed by atoms with E-state index in [4.69, 9.17) is 0 Å². The highest BCUT2D eigenvalue weighted by atomic mass is 32.2. The Morgan fingerprint density at radius 2 is 2.08 bits per heavy atom. The van der Waals surface area contributed by atoms with E-state index in [2.05, 4.69) is 0 Å². The summed E-state index contributed by atoms with van der Waals surface area (Å²) in [7, 11) is -3.05. The van der Waals surface area contributed by atoms with Gasteiger partial charge in [0.05, 0.1) is 16.6 Å². The van der Waals surface area contributed by atoms with Crippen molar-refractivity contribution in [3.05, 3.63) is 12.2 Å². The molecule has 3 nitrogen and oxygen atoms in total. The summed E-state index contributed by atoms with van der Waals surface area (Å²) in [6, 6.07) is 0. The van der Waals surface area contributed by atoms with Gasteiger partial charge in [0.15, 0.2) is 9.84 Å². The Balaban J connectivity index is 2.44. The number of rotatable bonds is 0. The molecule has 2 aliphatic heterocycles. The molecule has 1 saturated heterocycles. The van der Waals surface area contributed by atoms with Crippen molar-refractivity contribution in [2.45, 2.75) is 35.9 Å². The third-order valence-corrected chi connectivity index (χ3v) is 5.33. The summed E-state index contributed by atoms with van der Waals surface area (Å²) in [6.07, 6.45) is 4.68. The predicted molar refractivity (Wildman–Crippen MR) is 45.5 cm³/mol. The van der Waals surface area contributed by atoms with E-state index >= 15 is 0 Å². The lowest BCUT2D eigenvalue weighted by atomic mass is 10.0. The minimum absolute atomic E-state index is 0.320. The van der Waals surface area contributed by atoms with E-state index in [1.807, 2.05) is 6.08 Å². The molecule has 4 heteroatoms. The Kier molecular flexibility index (Phi) is 1.77. The molecule has 2 rings (SSSR count). The van der Waals surface area contributed by atoms with Crippen LogP contribution in [0.1, 0.15) is 19.3 Å². The summed E-state index contributed by atoms with van der Waals surface area (Å²) < 4.78 is 23.2. The first-order valence-electron chi connectivity index (χ1n) is 4.20. The second-order valence-corrected chi connectivity index (χ2v) is 5.86. The first-order chi connectivity index (χ1) is 5.62. The molecule has 0 saturated carbocycles. The third-order valence-electron chi connectivity index (χ3n) is 2.74. The number of sulfone groups is 1. The van der Waals surface area contributed by atoms with E-state index in [1.54, 1.807) is 6.08 Å². The van der Waals surface area contributed by atoms with E-state index in [0.29, 0.717) is 19.3 Å². The molecule has 3 atom stereocenters. The van der Waals surface area contributed by atoms with Crippen molar-refractivity contribution in [2.24, 2.45) is 0 Å². The highest BCUT2D eigenvalue weighted by Gasteiger charge is 2.42. The first kappa shape index (κ1) is 8.26. The average Bonchev–Trinajstić information content (AvgIpc) is 1.95. The van der Waals surface area contributed by atoms with Gasteiger partial charge in [-0.25, -0.2) is 8.42 Å². The first-order valence-corrected chi connectivity index (χ1v) is 5.81. The molecule has 2 aliphatic rings. The summed E-state index contributed by atoms with van der Waals surface area (Å²) in [5, 5.41) is 8.60. The Bertz CT molecular complexity index is 304. The predicted octanol–water partition coefficient (Wildman–Crippen LogP) is 0.253. The van der Waals surface area contributed by atoms with Gasteiger partial charge in [-0.2, -0.15) is 0 Å². The van der Waals surface area contributed by atoms with Crippen LogP contribution in [0, 0.1) is 0 Å². The number of hydrogen-bond donors (Lipinski definition) is 1. The maximum Gasteiger partial charge on any atom is 0.162 e. The molecule has 1 N–H and O–H groups in total. The normalized spacial score (nSPS) is 44.2. The smallest absolute Gasteiger partial charge is 0.162 e. The van der Waals surface area contributed by atoms with Gasteiger partial charge in [-0.05, 0) is 19.3 Å². The Hall–Kier alpha value is -0.350. The average molecular weight is 188 g/mol. The molecule has 0 amide bonds. The summed E-state index contributed by atoms with van der Waals surface area (Å²) in [5.74, 6) is 0. The van der Waals surface area contributed by atoms with Crippen LogP contribution in [0.4, 0.5) is 0 Å². The van der Waals surface area contributed by atoms with Gasteiger partial charge in [0.25, 0.3) is 0 Å². The molecule has 0 aromatic carbocycles. The summed E-state index contributed by atoms with van der Waals surface area (Å²) in [4.78, 5) is 0. The molecule has 2 heterocycles. The molecule has 1 fully saturated rings. The standard InChI is InChI=1S/C8H12O3S/c9-7-5-4-6-2-1-3-8(7)12(6,10)11/h1-2,6-9H,3-5H2/t6-,7-,8+/m0/s1. The molecule has 12 heavy (non-hydrogen) atoms. The Morgan fingerprint density at radius 3 is 2.75 bits per heavy atom. The lowest BCUT2D eigenvalue weighted by Crippen LogP contribution is -2.46. The highest BCUT2D eigenvalue weighted by molar-refractivity contribution is 7.93. The number of aliphatic hydroxyl groups is 1. The van der Waals surface area contributed by atoms with Crippen LogP contribution in [0.5, 0.6) is 0 Å². The van der Waals surface area contributed by atoms with Crippen LogP contribution in [0.3, 0.4) is 0 Å². The van der Waals surface area contributed by atoms with Gasteiger partial charge in [0.2, 0.25) is 0 Å². The van der Waals surface area contributed by atoms with Crippen molar-refractivity contribution in [3.8, 4) is 0 Å². The van der Waals surface area contributed by atoms with Crippen molar-refractivity contribution in [2.75, 3.05) is 0 Å². The second kappa shape index (κ2) is 2.57. The van der Waals surface area contributed by atoms with Gasteiger partial charge in [0, 0.05) is 0 Å². The summed E-state index contributed by atoms with van der Waals surface area (Å²) in [6.45, 7) is 0. The largest absolute Gasteiger partial charge is 0.392 e. The highest BCUT2D eigenvalue weighted by Crippen LogP contribution is 2.32. The molecule has 0 aliphatic carbocycles. The van der Waals surface area contributed by atoms with Crippen LogP contribution in [-0.4, -0.2) is 30.1 Å². The van der Waals surface area contributed by atoms with E-state index in [1.165, 1.54) is 0 Å². The van der Waals surface area contributed by atoms with Crippen molar-refractivity contribution in [3.63, 3.8) is 0 Å². The maximum absolute atomic E-state index is 11.6. The van der Waals surface area contributed by atoms with Crippen LogP contribution in [0.25, 0.3) is 0 Å². The number of allylic oxidation sites excluding steroid dienone is 1. The van der Waals surface area contributed by atoms with Crippen LogP contribution in [0.15, 0.2) is 12.2 Å². The molecule has 0 radical (unpaired) electrons. The van der Waals surface area contributed by atoms with Crippen LogP contribution >= 0.6 is 0 Å². The van der Waals surface area contributed by atoms with E-state index in [-0.39, 0.29) is 5.25 Å². The zero-order valence-corrected chi connectivity index (χ0v) is 7.50. The zero-order chi connectivity index (χ0) is 8.77. The fourth-order valence-electron chi connectivity index (χ4n) is 1.99. The van der Waals surface area contributed by atoms with Gasteiger partial charge in [-0.15, -0.1) is 0 Å². The Morgan fingerprint density at radius 1 is 1.33 bits per heavy atom. The fraction of sp³-hybridized carbons (Fsp3) is 0.750. The van der Waals surface area contributed by atoms with Gasteiger partial charge < -0.3 is 5.11 Å². The van der Waals surface area contributed by atoms with E-state index in [0.717, 1.165) is 0 Å². The van der Waals surface area contributed by atoms with Gasteiger partial charge >= 0.3 is 0 Å². The number of fused-ring (bicyclic) bond motifs is 2. The van der Waals surface area contributed by atoms with Crippen LogP contribution in [-0.2, 0) is 9.84 Å². The third kappa shape index (κ3) is 1.02. The summed E-state index contributed by atoms with van der Waals surface area (Å²) in [5.41, 5.74) is 0. The van der Waals surface area contributed by atoms with Crippen molar-refractivity contribution >= 4 is 9.84 Å². The lowest BCUT2D eigenvalue weighted by Gasteiger charge is -2.34. The fourth-order valence-corrected chi connectivity index (χ4v) is 4.19. The number of aliphatic hydroxyl groups excluding tert-OH is 1. The molecule has 0 aromatic heterocycles. The van der Waals surface area contributed by atoms with Crippen LogP contribution in [0.2, 0.25) is 0 Å². The summed E-state index contributed by atoms with van der Waals surface area (Å²) >= 11 is 0. The molecule has 68 valence electrons. The minimum Gasteiger partial charge on any atom is -0.392 e.